The fourth-order valence-electron chi connectivity index (χ4n) is 1.78. The molecule has 1 saturated carbocycles. The Morgan fingerprint density at radius 3 is 2.47 bits per heavy atom. The average molecular weight is 225 g/mol. The number of carboxylic acid groups (broad SMARTS) is 1. The standard InChI is InChI=1S/C11H9NO2.K/c1-12-9-7-11(9,10(13)14)8-5-3-2-4-6-8;/h2-6,9H,7H2,(H,13,14);/q;+1/p-1. The molecule has 4 heteroatoms. The van der Waals surface area contributed by atoms with Crippen LogP contribution in [0.5, 0.6) is 0 Å². The van der Waals surface area contributed by atoms with Gasteiger partial charge < -0.3 is 14.7 Å². The van der Waals surface area contributed by atoms with Crippen LogP contribution in [0.2, 0.25) is 0 Å². The van der Waals surface area contributed by atoms with Gasteiger partial charge in [0.15, 0.2) is 0 Å². The molecule has 1 aromatic rings. The molecule has 1 aromatic carbocycles. The Balaban J connectivity index is 0.00000112. The molecule has 0 spiro atoms. The molecule has 0 aromatic heterocycles. The number of benzene rings is 1. The Kier molecular flexibility index (Phi) is 4.10. The summed E-state index contributed by atoms with van der Waals surface area (Å²) in [6.07, 6.45) is 0.378. The largest absolute Gasteiger partial charge is 1.00 e. The van der Waals surface area contributed by atoms with Gasteiger partial charge in [-0.1, -0.05) is 30.3 Å². The molecule has 2 rings (SSSR count). The zero-order chi connectivity index (χ0) is 10.2. The molecule has 2 unspecified atom stereocenters. The fraction of sp³-hybridized carbons (Fsp3) is 0.273. The first-order chi connectivity index (χ1) is 6.71. The van der Waals surface area contributed by atoms with Gasteiger partial charge in [-0.3, -0.25) is 0 Å². The summed E-state index contributed by atoms with van der Waals surface area (Å²) < 4.78 is 0. The molecule has 0 saturated heterocycles. The maximum atomic E-state index is 11.0. The second kappa shape index (κ2) is 4.77. The van der Waals surface area contributed by atoms with E-state index in [1.807, 2.05) is 6.07 Å². The summed E-state index contributed by atoms with van der Waals surface area (Å²) in [5.74, 6) is -1.13. The van der Waals surface area contributed by atoms with E-state index in [0.29, 0.717) is 12.0 Å². The molecule has 0 radical (unpaired) electrons. The summed E-state index contributed by atoms with van der Waals surface area (Å²) in [7, 11) is 0. The molecule has 0 aliphatic heterocycles. The van der Waals surface area contributed by atoms with Crippen LogP contribution in [0.15, 0.2) is 30.3 Å². The van der Waals surface area contributed by atoms with Crippen LogP contribution in [0.3, 0.4) is 0 Å². The molecular weight excluding hydrogens is 217 g/mol. The quantitative estimate of drug-likeness (QED) is 0.408. The van der Waals surface area contributed by atoms with E-state index < -0.39 is 17.4 Å². The normalized spacial score (nSPS) is 27.3. The molecule has 0 heterocycles. The Labute approximate surface area is 131 Å². The van der Waals surface area contributed by atoms with E-state index >= 15 is 0 Å². The molecular formula is C11H8KNO2. The van der Waals surface area contributed by atoms with E-state index in [1.54, 1.807) is 24.3 Å². The van der Waals surface area contributed by atoms with Crippen LogP contribution in [0.4, 0.5) is 0 Å². The molecule has 3 nitrogen and oxygen atoms in total. The Hall–Kier alpha value is -0.184. The van der Waals surface area contributed by atoms with E-state index in [9.17, 15) is 9.90 Å². The van der Waals surface area contributed by atoms with Crippen molar-refractivity contribution in [3.05, 3.63) is 47.3 Å². The van der Waals surface area contributed by atoms with Crippen molar-refractivity contribution < 1.29 is 61.3 Å². The summed E-state index contributed by atoms with van der Waals surface area (Å²) in [6, 6.07) is 8.40. The van der Waals surface area contributed by atoms with Gasteiger partial charge in [-0.25, -0.2) is 6.57 Å². The number of hydrogen-bond acceptors (Lipinski definition) is 2. The van der Waals surface area contributed by atoms with Crippen LogP contribution in [0.25, 0.3) is 4.85 Å². The van der Waals surface area contributed by atoms with Crippen molar-refractivity contribution in [2.24, 2.45) is 0 Å². The van der Waals surface area contributed by atoms with E-state index in [-0.39, 0.29) is 51.4 Å². The van der Waals surface area contributed by atoms with Crippen LogP contribution in [0, 0.1) is 6.57 Å². The van der Waals surface area contributed by atoms with E-state index in [0.717, 1.165) is 0 Å². The summed E-state index contributed by atoms with van der Waals surface area (Å²) in [4.78, 5) is 14.3. The zero-order valence-corrected chi connectivity index (χ0v) is 11.6. The summed E-state index contributed by atoms with van der Waals surface area (Å²) in [5.41, 5.74) is -0.357. The predicted molar refractivity (Wildman–Crippen MR) is 48.1 cm³/mol. The molecule has 0 N–H and O–H groups in total. The van der Waals surface area contributed by atoms with Crippen LogP contribution in [-0.2, 0) is 10.2 Å². The first-order valence-electron chi connectivity index (χ1n) is 4.35. The SMILES string of the molecule is [C-]#[N+]C1CC1(C(=O)[O-])c1ccccc1.[K+]. The van der Waals surface area contributed by atoms with Gasteiger partial charge in [0.1, 0.15) is 5.41 Å². The number of hydrogen-bond donors (Lipinski definition) is 0. The molecule has 0 bridgehead atoms. The number of rotatable bonds is 2. The smallest absolute Gasteiger partial charge is 0.549 e. The van der Waals surface area contributed by atoms with Gasteiger partial charge in [-0.2, -0.15) is 0 Å². The van der Waals surface area contributed by atoms with E-state index in [1.165, 1.54) is 0 Å². The van der Waals surface area contributed by atoms with Crippen LogP contribution in [0.1, 0.15) is 12.0 Å². The minimum Gasteiger partial charge on any atom is -0.549 e. The van der Waals surface area contributed by atoms with E-state index in [2.05, 4.69) is 4.85 Å². The van der Waals surface area contributed by atoms with Gasteiger partial charge in [0.25, 0.3) is 0 Å². The number of carbonyl (C=O) groups excluding carboxylic acids is 1. The van der Waals surface area contributed by atoms with Crippen molar-refractivity contribution in [1.82, 2.24) is 0 Å². The topological polar surface area (TPSA) is 44.5 Å². The number of carboxylic acids is 1. The number of nitrogens with zero attached hydrogens (tertiary/aromatic N) is 1. The van der Waals surface area contributed by atoms with Gasteiger partial charge >= 0.3 is 51.4 Å². The molecule has 1 aliphatic rings. The molecule has 0 amide bonds. The predicted octanol–water partition coefficient (Wildman–Crippen LogP) is -2.63. The second-order valence-corrected chi connectivity index (χ2v) is 3.47. The number of carbonyl (C=O) groups is 1. The molecule has 1 fully saturated rings. The third-order valence-electron chi connectivity index (χ3n) is 2.73. The third kappa shape index (κ3) is 2.03. The summed E-state index contributed by atoms with van der Waals surface area (Å²) in [5, 5.41) is 11.0. The molecule has 15 heavy (non-hydrogen) atoms. The van der Waals surface area contributed by atoms with Crippen LogP contribution >= 0.6 is 0 Å². The first-order valence-corrected chi connectivity index (χ1v) is 4.35. The van der Waals surface area contributed by atoms with Gasteiger partial charge in [-0.15, -0.1) is 0 Å². The van der Waals surface area contributed by atoms with Gasteiger partial charge in [0.05, 0.1) is 5.97 Å². The minimum absolute atomic E-state index is 0. The van der Waals surface area contributed by atoms with Crippen molar-refractivity contribution in [2.75, 3.05) is 0 Å². The average Bonchev–Trinajstić information content (AvgIpc) is 2.94. The molecule has 1 aliphatic carbocycles. The maximum Gasteiger partial charge on any atom is 1.00 e. The minimum atomic E-state index is -1.13. The maximum absolute atomic E-state index is 11.0. The van der Waals surface area contributed by atoms with Crippen LogP contribution < -0.4 is 56.5 Å². The van der Waals surface area contributed by atoms with Crippen molar-refractivity contribution in [2.45, 2.75) is 17.9 Å². The Morgan fingerprint density at radius 1 is 1.47 bits per heavy atom. The Bertz CT molecular complexity index is 412. The Morgan fingerprint density at radius 2 is 2.07 bits per heavy atom. The van der Waals surface area contributed by atoms with Crippen molar-refractivity contribution >= 4 is 5.97 Å². The fourth-order valence-corrected chi connectivity index (χ4v) is 1.78. The van der Waals surface area contributed by atoms with Crippen molar-refractivity contribution in [1.29, 1.82) is 0 Å². The first kappa shape index (κ1) is 12.9. The third-order valence-corrected chi connectivity index (χ3v) is 2.73. The summed E-state index contributed by atoms with van der Waals surface area (Å²) in [6.45, 7) is 6.85. The molecule has 70 valence electrons. The zero-order valence-electron chi connectivity index (χ0n) is 8.43. The van der Waals surface area contributed by atoms with Crippen LogP contribution in [-0.4, -0.2) is 12.0 Å². The second-order valence-electron chi connectivity index (χ2n) is 3.47. The van der Waals surface area contributed by atoms with E-state index in [4.69, 9.17) is 6.57 Å². The molecule has 2 atom stereocenters. The number of aliphatic carboxylic acids is 1. The monoisotopic (exact) mass is 225 g/mol. The van der Waals surface area contributed by atoms with Crippen molar-refractivity contribution in [3.8, 4) is 0 Å². The summed E-state index contributed by atoms with van der Waals surface area (Å²) >= 11 is 0. The van der Waals surface area contributed by atoms with Gasteiger partial charge in [0.2, 0.25) is 6.04 Å². The van der Waals surface area contributed by atoms with Gasteiger partial charge in [0, 0.05) is 6.42 Å². The van der Waals surface area contributed by atoms with Crippen molar-refractivity contribution in [3.63, 3.8) is 0 Å². The van der Waals surface area contributed by atoms with Gasteiger partial charge in [-0.05, 0) is 5.56 Å².